The molecule has 0 aliphatic carbocycles. The van der Waals surface area contributed by atoms with Gasteiger partial charge in [-0.2, -0.15) is 0 Å². The molecule has 174 valence electrons. The molecular weight excluding hydrogens is 502 g/mol. The number of thioether (sulfide) groups is 1. The van der Waals surface area contributed by atoms with Crippen LogP contribution in [-0.2, 0) is 11.3 Å². The molecule has 2 amide bonds. The van der Waals surface area contributed by atoms with E-state index in [0.29, 0.717) is 23.1 Å². The lowest BCUT2D eigenvalue weighted by atomic mass is 10.0. The van der Waals surface area contributed by atoms with Crippen LogP contribution in [0.3, 0.4) is 0 Å². The van der Waals surface area contributed by atoms with E-state index in [1.165, 1.54) is 11.8 Å². The van der Waals surface area contributed by atoms with Crippen LogP contribution in [0.25, 0.3) is 0 Å². The molecule has 7 nitrogen and oxygen atoms in total. The number of aryl methyl sites for hydroxylation is 1. The molecule has 9 heteroatoms. The summed E-state index contributed by atoms with van der Waals surface area (Å²) in [6.45, 7) is 8.66. The van der Waals surface area contributed by atoms with Crippen molar-refractivity contribution in [2.45, 2.75) is 45.4 Å². The van der Waals surface area contributed by atoms with Gasteiger partial charge in [0.05, 0.1) is 11.8 Å². The number of nitrogens with one attached hydrogen (secondary N) is 2. The number of aromatic nitrogens is 3. The lowest BCUT2D eigenvalue weighted by molar-refractivity contribution is -0.113. The van der Waals surface area contributed by atoms with E-state index in [1.807, 2.05) is 68.7 Å². The van der Waals surface area contributed by atoms with Gasteiger partial charge in [0, 0.05) is 22.3 Å². The summed E-state index contributed by atoms with van der Waals surface area (Å²) in [6, 6.07) is 14.5. The molecule has 33 heavy (non-hydrogen) atoms. The summed E-state index contributed by atoms with van der Waals surface area (Å²) in [5.41, 5.74) is 2.40. The van der Waals surface area contributed by atoms with Crippen LogP contribution in [0.2, 0.25) is 0 Å². The summed E-state index contributed by atoms with van der Waals surface area (Å²) in [4.78, 5) is 25.2. The Balaban J connectivity index is 1.70. The minimum Gasteiger partial charge on any atom is -0.342 e. The third-order valence-corrected chi connectivity index (χ3v) is 6.96. The van der Waals surface area contributed by atoms with E-state index in [1.54, 1.807) is 12.1 Å². The van der Waals surface area contributed by atoms with Gasteiger partial charge in [0.25, 0.3) is 5.91 Å². The highest BCUT2D eigenvalue weighted by molar-refractivity contribution is 9.10. The number of rotatable bonds is 9. The van der Waals surface area contributed by atoms with E-state index >= 15 is 0 Å². The molecule has 2 aromatic carbocycles. The van der Waals surface area contributed by atoms with E-state index in [2.05, 4.69) is 36.8 Å². The fraction of sp³-hybridized carbons (Fsp3) is 0.333. The van der Waals surface area contributed by atoms with Crippen LogP contribution in [0.15, 0.2) is 58.2 Å². The Morgan fingerprint density at radius 2 is 1.85 bits per heavy atom. The monoisotopic (exact) mass is 529 g/mol. The Morgan fingerprint density at radius 1 is 1.12 bits per heavy atom. The zero-order valence-corrected chi connectivity index (χ0v) is 21.5. The van der Waals surface area contributed by atoms with Crippen molar-refractivity contribution >= 4 is 45.2 Å². The van der Waals surface area contributed by atoms with Crippen LogP contribution >= 0.6 is 27.7 Å². The van der Waals surface area contributed by atoms with Crippen molar-refractivity contribution in [3.05, 3.63) is 70.0 Å². The standard InChI is InChI=1S/C24H28BrN5O2S/c1-5-30-22(21(15(2)3)27-23(32)17-9-7-6-8-10-17)28-29-24(30)33-14-20(31)26-18-11-12-19(25)16(4)13-18/h6-13,15,21H,5,14H2,1-4H3,(H,26,31)(H,27,32)/t21-/m0/s1. The van der Waals surface area contributed by atoms with Crippen LogP contribution in [0.5, 0.6) is 0 Å². The Labute approximate surface area is 206 Å². The normalized spacial score (nSPS) is 11.9. The molecule has 0 aliphatic rings. The molecule has 0 aliphatic heterocycles. The summed E-state index contributed by atoms with van der Waals surface area (Å²) in [6.07, 6.45) is 0. The van der Waals surface area contributed by atoms with Gasteiger partial charge in [-0.3, -0.25) is 9.59 Å². The van der Waals surface area contributed by atoms with Crippen molar-refractivity contribution in [3.63, 3.8) is 0 Å². The summed E-state index contributed by atoms with van der Waals surface area (Å²) < 4.78 is 2.95. The van der Waals surface area contributed by atoms with Gasteiger partial charge < -0.3 is 15.2 Å². The Morgan fingerprint density at radius 3 is 2.48 bits per heavy atom. The molecule has 2 N–H and O–H groups in total. The van der Waals surface area contributed by atoms with E-state index in [9.17, 15) is 9.59 Å². The number of hydrogen-bond donors (Lipinski definition) is 2. The number of hydrogen-bond acceptors (Lipinski definition) is 5. The molecule has 0 saturated heterocycles. The van der Waals surface area contributed by atoms with Gasteiger partial charge in [0.15, 0.2) is 11.0 Å². The minimum absolute atomic E-state index is 0.106. The average molecular weight is 530 g/mol. The summed E-state index contributed by atoms with van der Waals surface area (Å²) in [5, 5.41) is 15.3. The minimum atomic E-state index is -0.306. The Hall–Kier alpha value is -2.65. The van der Waals surface area contributed by atoms with Crippen molar-refractivity contribution < 1.29 is 9.59 Å². The van der Waals surface area contributed by atoms with Crippen molar-refractivity contribution in [2.75, 3.05) is 11.1 Å². The molecule has 1 aromatic heterocycles. The Bertz CT molecular complexity index is 1120. The number of halogens is 1. The third kappa shape index (κ3) is 6.45. The second kappa shape index (κ2) is 11.5. The second-order valence-electron chi connectivity index (χ2n) is 7.95. The fourth-order valence-electron chi connectivity index (χ4n) is 3.33. The SMILES string of the molecule is CCn1c(SCC(=O)Nc2ccc(Br)c(C)c2)nnc1[C@@H](NC(=O)c1ccccc1)C(C)C. The van der Waals surface area contributed by atoms with Crippen LogP contribution in [0.4, 0.5) is 5.69 Å². The van der Waals surface area contributed by atoms with Gasteiger partial charge >= 0.3 is 0 Å². The molecule has 0 unspecified atom stereocenters. The summed E-state index contributed by atoms with van der Waals surface area (Å²) in [7, 11) is 0. The predicted molar refractivity (Wildman–Crippen MR) is 135 cm³/mol. The molecule has 3 rings (SSSR count). The van der Waals surface area contributed by atoms with Crippen molar-refractivity contribution in [1.82, 2.24) is 20.1 Å². The maximum atomic E-state index is 12.7. The quantitative estimate of drug-likeness (QED) is 0.370. The van der Waals surface area contributed by atoms with E-state index in [0.717, 1.165) is 15.7 Å². The zero-order valence-electron chi connectivity index (χ0n) is 19.1. The zero-order chi connectivity index (χ0) is 24.0. The van der Waals surface area contributed by atoms with E-state index in [4.69, 9.17) is 0 Å². The van der Waals surface area contributed by atoms with Crippen LogP contribution < -0.4 is 10.6 Å². The Kier molecular flexibility index (Phi) is 8.68. The van der Waals surface area contributed by atoms with Crippen LogP contribution in [0.1, 0.15) is 48.6 Å². The maximum Gasteiger partial charge on any atom is 0.251 e. The first-order valence-corrected chi connectivity index (χ1v) is 12.6. The maximum absolute atomic E-state index is 12.7. The number of carbonyl (C=O) groups excluding carboxylic acids is 2. The van der Waals surface area contributed by atoms with E-state index in [-0.39, 0.29) is 29.5 Å². The fourth-order valence-corrected chi connectivity index (χ4v) is 4.38. The topological polar surface area (TPSA) is 88.9 Å². The summed E-state index contributed by atoms with van der Waals surface area (Å²) >= 11 is 4.79. The number of nitrogens with zero attached hydrogens (tertiary/aromatic N) is 3. The number of carbonyl (C=O) groups is 2. The summed E-state index contributed by atoms with van der Waals surface area (Å²) in [5.74, 6) is 0.720. The van der Waals surface area contributed by atoms with Gasteiger partial charge in [-0.1, -0.05) is 59.7 Å². The lowest BCUT2D eigenvalue weighted by Crippen LogP contribution is -2.33. The van der Waals surface area contributed by atoms with Gasteiger partial charge in [0.1, 0.15) is 0 Å². The van der Waals surface area contributed by atoms with Crippen molar-refractivity contribution in [2.24, 2.45) is 5.92 Å². The van der Waals surface area contributed by atoms with Crippen LogP contribution in [0, 0.1) is 12.8 Å². The first-order valence-electron chi connectivity index (χ1n) is 10.8. The van der Waals surface area contributed by atoms with Gasteiger partial charge in [0.2, 0.25) is 5.91 Å². The van der Waals surface area contributed by atoms with Gasteiger partial charge in [-0.05, 0) is 55.7 Å². The predicted octanol–water partition coefficient (Wildman–Crippen LogP) is 5.23. The molecule has 0 radical (unpaired) electrons. The largest absolute Gasteiger partial charge is 0.342 e. The second-order valence-corrected chi connectivity index (χ2v) is 9.74. The smallest absolute Gasteiger partial charge is 0.251 e. The highest BCUT2D eigenvalue weighted by atomic mass is 79.9. The van der Waals surface area contributed by atoms with Crippen LogP contribution in [-0.4, -0.2) is 32.3 Å². The first-order chi connectivity index (χ1) is 15.8. The van der Waals surface area contributed by atoms with Crippen molar-refractivity contribution in [1.29, 1.82) is 0 Å². The highest BCUT2D eigenvalue weighted by Crippen LogP contribution is 2.26. The first kappa shape index (κ1) is 25.0. The molecule has 1 heterocycles. The highest BCUT2D eigenvalue weighted by Gasteiger charge is 2.26. The average Bonchev–Trinajstić information content (AvgIpc) is 3.21. The van der Waals surface area contributed by atoms with Gasteiger partial charge in [-0.25, -0.2) is 0 Å². The molecule has 0 spiro atoms. The molecule has 3 aromatic rings. The number of benzene rings is 2. The number of amides is 2. The van der Waals surface area contributed by atoms with Crippen molar-refractivity contribution in [3.8, 4) is 0 Å². The molecule has 1 atom stereocenters. The molecule has 0 fully saturated rings. The van der Waals surface area contributed by atoms with E-state index < -0.39 is 0 Å². The van der Waals surface area contributed by atoms with Gasteiger partial charge in [-0.15, -0.1) is 10.2 Å². The molecular formula is C24H28BrN5O2S. The molecule has 0 saturated carbocycles. The third-order valence-electron chi connectivity index (χ3n) is 5.10. The lowest BCUT2D eigenvalue weighted by Gasteiger charge is -2.22. The molecule has 0 bridgehead atoms. The number of anilines is 1.